The van der Waals surface area contributed by atoms with Gasteiger partial charge in [-0.25, -0.2) is 0 Å². The van der Waals surface area contributed by atoms with Gasteiger partial charge in [-0.1, -0.05) is 0 Å². The van der Waals surface area contributed by atoms with Gasteiger partial charge < -0.3 is 9.47 Å². The van der Waals surface area contributed by atoms with Gasteiger partial charge in [0, 0.05) is 19.6 Å². The molecule has 12 heavy (non-hydrogen) atoms. The summed E-state index contributed by atoms with van der Waals surface area (Å²) in [5.41, 5.74) is 0. The first kappa shape index (κ1) is 10.3. The highest BCUT2D eigenvalue weighted by Gasteiger charge is 2.23. The van der Waals surface area contributed by atoms with Crippen LogP contribution in [0.3, 0.4) is 0 Å². The van der Waals surface area contributed by atoms with Gasteiger partial charge in [0.15, 0.2) is 0 Å². The third-order valence-corrected chi connectivity index (χ3v) is 2.27. The van der Waals surface area contributed by atoms with Crippen LogP contribution in [0.25, 0.3) is 0 Å². The Bertz CT molecular complexity index is 124. The molecule has 2 fully saturated rings. The molecule has 1 atom stereocenters. The van der Waals surface area contributed by atoms with Crippen molar-refractivity contribution in [3.8, 4) is 0 Å². The van der Waals surface area contributed by atoms with E-state index < -0.39 is 0 Å². The van der Waals surface area contributed by atoms with Gasteiger partial charge in [-0.15, -0.1) is 12.4 Å². The Morgan fingerprint density at radius 1 is 1.25 bits per heavy atom. The quantitative estimate of drug-likeness (QED) is 0.612. The second-order valence-corrected chi connectivity index (χ2v) is 3.20. The second kappa shape index (κ2) is 5.02. The van der Waals surface area contributed by atoms with Crippen LogP contribution >= 0.6 is 12.4 Å². The van der Waals surface area contributed by atoms with Crippen molar-refractivity contribution in [2.45, 2.75) is 12.5 Å². The number of hydrogen-bond acceptors (Lipinski definition) is 3. The zero-order valence-corrected chi connectivity index (χ0v) is 8.02. The zero-order chi connectivity index (χ0) is 7.52. The van der Waals surface area contributed by atoms with Crippen molar-refractivity contribution in [1.82, 2.24) is 4.90 Å². The van der Waals surface area contributed by atoms with Gasteiger partial charge in [0.1, 0.15) is 0 Å². The maximum atomic E-state index is 5.25. The Hall–Kier alpha value is 0.170. The Balaban J connectivity index is 0.000000720. The predicted molar refractivity (Wildman–Crippen MR) is 48.9 cm³/mol. The van der Waals surface area contributed by atoms with Crippen molar-refractivity contribution < 1.29 is 9.47 Å². The molecule has 0 amide bonds. The molecular weight excluding hydrogens is 178 g/mol. The van der Waals surface area contributed by atoms with Crippen LogP contribution in [0, 0.1) is 0 Å². The molecule has 2 heterocycles. The van der Waals surface area contributed by atoms with Gasteiger partial charge in [0.2, 0.25) is 0 Å². The van der Waals surface area contributed by atoms with Crippen LogP contribution < -0.4 is 0 Å². The van der Waals surface area contributed by atoms with Gasteiger partial charge in [-0.2, -0.15) is 0 Å². The average molecular weight is 194 g/mol. The molecule has 0 aromatic carbocycles. The first-order valence-electron chi connectivity index (χ1n) is 4.37. The summed E-state index contributed by atoms with van der Waals surface area (Å²) in [7, 11) is 0. The van der Waals surface area contributed by atoms with E-state index in [1.165, 1.54) is 13.0 Å². The van der Waals surface area contributed by atoms with Crippen LogP contribution in [0.2, 0.25) is 0 Å². The minimum absolute atomic E-state index is 0. The molecule has 0 N–H and O–H groups in total. The molecule has 0 aromatic rings. The lowest BCUT2D eigenvalue weighted by Gasteiger charge is -2.26. The second-order valence-electron chi connectivity index (χ2n) is 3.20. The van der Waals surface area contributed by atoms with Crippen molar-refractivity contribution in [1.29, 1.82) is 0 Å². The van der Waals surface area contributed by atoms with Crippen LogP contribution in [0.15, 0.2) is 0 Å². The number of hydrogen-bond donors (Lipinski definition) is 0. The number of epoxide rings is 1. The zero-order valence-electron chi connectivity index (χ0n) is 7.20. The number of ether oxygens (including phenoxy) is 2. The van der Waals surface area contributed by atoms with Crippen LogP contribution in [0.5, 0.6) is 0 Å². The summed E-state index contributed by atoms with van der Waals surface area (Å²) in [6, 6.07) is 0. The molecule has 2 saturated heterocycles. The van der Waals surface area contributed by atoms with Gasteiger partial charge in [0.05, 0.1) is 25.9 Å². The summed E-state index contributed by atoms with van der Waals surface area (Å²) in [6.07, 6.45) is 1.79. The molecule has 0 spiro atoms. The first-order valence-corrected chi connectivity index (χ1v) is 4.37. The molecule has 1 unspecified atom stereocenters. The van der Waals surface area contributed by atoms with Crippen LogP contribution in [-0.4, -0.2) is 50.5 Å². The van der Waals surface area contributed by atoms with E-state index in [0.29, 0.717) is 6.10 Å². The Morgan fingerprint density at radius 3 is 2.50 bits per heavy atom. The van der Waals surface area contributed by atoms with Crippen LogP contribution in [0.1, 0.15) is 6.42 Å². The topological polar surface area (TPSA) is 25.0 Å². The highest BCUT2D eigenvalue weighted by molar-refractivity contribution is 5.85. The van der Waals surface area contributed by atoms with Crippen molar-refractivity contribution >= 4 is 12.4 Å². The monoisotopic (exact) mass is 193 g/mol. The van der Waals surface area contributed by atoms with E-state index in [-0.39, 0.29) is 12.4 Å². The van der Waals surface area contributed by atoms with Gasteiger partial charge in [0.25, 0.3) is 0 Å². The number of morpholine rings is 1. The van der Waals surface area contributed by atoms with E-state index in [1.54, 1.807) is 0 Å². The molecule has 0 aromatic heterocycles. The van der Waals surface area contributed by atoms with E-state index in [1.807, 2.05) is 0 Å². The maximum Gasteiger partial charge on any atom is 0.0822 e. The van der Waals surface area contributed by atoms with Crippen LogP contribution in [-0.2, 0) is 9.47 Å². The molecular formula is C8H16ClNO2. The lowest BCUT2D eigenvalue weighted by Crippen LogP contribution is -2.37. The Kier molecular flexibility index (Phi) is 4.29. The largest absolute Gasteiger partial charge is 0.379 e. The SMILES string of the molecule is C1CN(CCC2CO2)CCO1.Cl. The molecule has 0 aliphatic carbocycles. The third-order valence-electron chi connectivity index (χ3n) is 2.27. The number of rotatable bonds is 3. The molecule has 4 heteroatoms. The molecule has 72 valence electrons. The van der Waals surface area contributed by atoms with Gasteiger partial charge in [-0.3, -0.25) is 4.90 Å². The molecule has 0 radical (unpaired) electrons. The lowest BCUT2D eigenvalue weighted by atomic mass is 10.3. The maximum absolute atomic E-state index is 5.25. The van der Waals surface area contributed by atoms with E-state index in [9.17, 15) is 0 Å². The van der Waals surface area contributed by atoms with Crippen molar-refractivity contribution in [3.63, 3.8) is 0 Å². The molecule has 0 saturated carbocycles. The third kappa shape index (κ3) is 3.27. The number of nitrogens with zero attached hydrogens (tertiary/aromatic N) is 1. The van der Waals surface area contributed by atoms with E-state index in [2.05, 4.69) is 4.90 Å². The van der Waals surface area contributed by atoms with Crippen molar-refractivity contribution in [2.24, 2.45) is 0 Å². The molecule has 0 bridgehead atoms. The summed E-state index contributed by atoms with van der Waals surface area (Å²) >= 11 is 0. The summed E-state index contributed by atoms with van der Waals surface area (Å²) in [6.45, 7) is 6.20. The normalized spacial score (nSPS) is 29.5. The molecule has 2 aliphatic heterocycles. The molecule has 3 nitrogen and oxygen atoms in total. The van der Waals surface area contributed by atoms with E-state index in [4.69, 9.17) is 9.47 Å². The summed E-state index contributed by atoms with van der Waals surface area (Å²) in [4.78, 5) is 2.45. The fourth-order valence-electron chi connectivity index (χ4n) is 1.39. The van der Waals surface area contributed by atoms with Crippen LogP contribution in [0.4, 0.5) is 0 Å². The van der Waals surface area contributed by atoms with E-state index in [0.717, 1.165) is 32.9 Å². The predicted octanol–water partition coefficient (Wildman–Crippen LogP) is 0.529. The standard InChI is InChI=1S/C8H15NO2.ClH/c1(8-7-11-8)2-9-3-5-10-6-4-9;/h8H,1-7H2;1H. The highest BCUT2D eigenvalue weighted by Crippen LogP contribution is 2.14. The summed E-state index contributed by atoms with van der Waals surface area (Å²) < 4.78 is 10.4. The fraction of sp³-hybridized carbons (Fsp3) is 1.00. The van der Waals surface area contributed by atoms with Gasteiger partial charge >= 0.3 is 0 Å². The number of halogens is 1. The smallest absolute Gasteiger partial charge is 0.0822 e. The van der Waals surface area contributed by atoms with Crippen molar-refractivity contribution in [2.75, 3.05) is 39.5 Å². The highest BCUT2D eigenvalue weighted by atomic mass is 35.5. The average Bonchev–Trinajstić information content (AvgIpc) is 2.86. The fourth-order valence-corrected chi connectivity index (χ4v) is 1.39. The first-order chi connectivity index (χ1) is 5.45. The molecule has 2 aliphatic rings. The lowest BCUT2D eigenvalue weighted by molar-refractivity contribution is 0.0365. The minimum atomic E-state index is 0. The van der Waals surface area contributed by atoms with E-state index >= 15 is 0 Å². The summed E-state index contributed by atoms with van der Waals surface area (Å²) in [5, 5.41) is 0. The Morgan fingerprint density at radius 2 is 1.92 bits per heavy atom. The molecule has 2 rings (SSSR count). The van der Waals surface area contributed by atoms with Gasteiger partial charge in [-0.05, 0) is 6.42 Å². The summed E-state index contributed by atoms with van der Waals surface area (Å²) in [5.74, 6) is 0. The minimum Gasteiger partial charge on any atom is -0.379 e. The van der Waals surface area contributed by atoms with Crippen molar-refractivity contribution in [3.05, 3.63) is 0 Å². The Labute approximate surface area is 79.4 Å².